The molecule has 0 aliphatic heterocycles. The average molecular weight is 328 g/mol. The number of nitrogens with zero attached hydrogens (tertiary/aromatic N) is 6. The Hall–Kier alpha value is -2.41. The van der Waals surface area contributed by atoms with Crippen molar-refractivity contribution in [2.75, 3.05) is 13.7 Å². The highest BCUT2D eigenvalue weighted by Crippen LogP contribution is 2.26. The van der Waals surface area contributed by atoms with Crippen molar-refractivity contribution in [2.24, 2.45) is 0 Å². The van der Waals surface area contributed by atoms with Crippen LogP contribution in [0.3, 0.4) is 0 Å². The number of aromatic nitrogens is 6. The Bertz CT molecular complexity index is 826. The van der Waals surface area contributed by atoms with Crippen molar-refractivity contribution in [3.63, 3.8) is 0 Å². The molecule has 0 aliphatic carbocycles. The minimum atomic E-state index is 0.313. The maximum atomic E-state index is 5.18. The summed E-state index contributed by atoms with van der Waals surface area (Å²) in [7, 11) is 1.70. The standard InChI is InChI=1S/C17H24N6O/c1-12(2)23-14(4)15(13(3)20-23)22-9-7-19-17(22)16-18-6-8-21(16)10-11-24-5/h6-9,12H,10-11H2,1-5H3. The van der Waals surface area contributed by atoms with Crippen LogP contribution >= 0.6 is 0 Å². The van der Waals surface area contributed by atoms with Gasteiger partial charge in [0.15, 0.2) is 11.6 Å². The number of hydrogen-bond acceptors (Lipinski definition) is 4. The van der Waals surface area contributed by atoms with Crippen LogP contribution in [-0.4, -0.2) is 42.6 Å². The Morgan fingerprint density at radius 2 is 1.79 bits per heavy atom. The van der Waals surface area contributed by atoms with Crippen LogP contribution in [0.4, 0.5) is 0 Å². The highest BCUT2D eigenvalue weighted by Gasteiger charge is 2.20. The van der Waals surface area contributed by atoms with Gasteiger partial charge < -0.3 is 9.30 Å². The molecule has 128 valence electrons. The predicted octanol–water partition coefficient (Wildman–Crippen LogP) is 2.78. The summed E-state index contributed by atoms with van der Waals surface area (Å²) in [6, 6.07) is 0.313. The first-order valence-electron chi connectivity index (χ1n) is 8.14. The van der Waals surface area contributed by atoms with E-state index in [9.17, 15) is 0 Å². The van der Waals surface area contributed by atoms with E-state index >= 15 is 0 Å². The summed E-state index contributed by atoms with van der Waals surface area (Å²) in [5.41, 5.74) is 3.17. The van der Waals surface area contributed by atoms with Crippen LogP contribution in [0, 0.1) is 13.8 Å². The molecule has 0 aromatic carbocycles. The molecular weight excluding hydrogens is 304 g/mol. The van der Waals surface area contributed by atoms with Gasteiger partial charge in [-0.05, 0) is 27.7 Å². The van der Waals surface area contributed by atoms with Crippen molar-refractivity contribution >= 4 is 0 Å². The molecule has 0 bridgehead atoms. The van der Waals surface area contributed by atoms with E-state index in [1.54, 1.807) is 19.5 Å². The van der Waals surface area contributed by atoms with Gasteiger partial charge in [0.2, 0.25) is 0 Å². The fourth-order valence-corrected chi connectivity index (χ4v) is 3.04. The smallest absolute Gasteiger partial charge is 0.181 e. The summed E-state index contributed by atoms with van der Waals surface area (Å²) in [5, 5.41) is 4.68. The molecule has 0 spiro atoms. The molecule has 0 amide bonds. The minimum absolute atomic E-state index is 0.313. The lowest BCUT2D eigenvalue weighted by atomic mass is 10.3. The number of ether oxygens (including phenoxy) is 1. The van der Waals surface area contributed by atoms with E-state index in [4.69, 9.17) is 4.74 Å². The third-order valence-electron chi connectivity index (χ3n) is 4.11. The van der Waals surface area contributed by atoms with Crippen LogP contribution < -0.4 is 0 Å². The van der Waals surface area contributed by atoms with Crippen molar-refractivity contribution in [1.82, 2.24) is 28.9 Å². The zero-order chi connectivity index (χ0) is 17.3. The molecule has 3 rings (SSSR count). The van der Waals surface area contributed by atoms with E-state index in [1.165, 1.54) is 0 Å². The van der Waals surface area contributed by atoms with Gasteiger partial charge in [-0.2, -0.15) is 5.10 Å². The Kier molecular flexibility index (Phi) is 4.53. The summed E-state index contributed by atoms with van der Waals surface area (Å²) in [4.78, 5) is 9.04. The molecule has 7 nitrogen and oxygen atoms in total. The Balaban J connectivity index is 2.08. The first kappa shape index (κ1) is 16.4. The second-order valence-electron chi connectivity index (χ2n) is 6.12. The average Bonchev–Trinajstić information content (AvgIpc) is 3.23. The topological polar surface area (TPSA) is 62.7 Å². The van der Waals surface area contributed by atoms with Crippen LogP contribution in [0.1, 0.15) is 31.3 Å². The van der Waals surface area contributed by atoms with Crippen LogP contribution in [0.5, 0.6) is 0 Å². The van der Waals surface area contributed by atoms with Gasteiger partial charge in [0.05, 0.1) is 23.7 Å². The normalized spacial score (nSPS) is 11.6. The van der Waals surface area contributed by atoms with Crippen molar-refractivity contribution in [3.8, 4) is 17.3 Å². The molecule has 0 radical (unpaired) electrons. The van der Waals surface area contributed by atoms with E-state index in [2.05, 4.69) is 45.0 Å². The molecule has 0 N–H and O–H groups in total. The summed E-state index contributed by atoms with van der Waals surface area (Å²) in [6.45, 7) is 9.76. The molecular formula is C17H24N6O. The monoisotopic (exact) mass is 328 g/mol. The molecule has 0 unspecified atom stereocenters. The third-order valence-corrected chi connectivity index (χ3v) is 4.11. The van der Waals surface area contributed by atoms with E-state index in [0.717, 1.165) is 35.3 Å². The lowest BCUT2D eigenvalue weighted by Gasteiger charge is -2.12. The Morgan fingerprint density at radius 1 is 1.08 bits per heavy atom. The number of methoxy groups -OCH3 is 1. The fraction of sp³-hybridized carbons (Fsp3) is 0.471. The molecule has 3 aromatic heterocycles. The number of rotatable bonds is 6. The fourth-order valence-electron chi connectivity index (χ4n) is 3.04. The minimum Gasteiger partial charge on any atom is -0.383 e. The number of imidazole rings is 2. The van der Waals surface area contributed by atoms with E-state index < -0.39 is 0 Å². The van der Waals surface area contributed by atoms with Gasteiger partial charge in [-0.1, -0.05) is 0 Å². The first-order valence-corrected chi connectivity index (χ1v) is 8.14. The molecule has 0 saturated carbocycles. The van der Waals surface area contributed by atoms with Crippen molar-refractivity contribution < 1.29 is 4.74 Å². The van der Waals surface area contributed by atoms with Crippen molar-refractivity contribution in [3.05, 3.63) is 36.2 Å². The lowest BCUT2D eigenvalue weighted by molar-refractivity contribution is 0.187. The van der Waals surface area contributed by atoms with Crippen LogP contribution in [-0.2, 0) is 11.3 Å². The van der Waals surface area contributed by atoms with Gasteiger partial charge in [0, 0.05) is 44.5 Å². The highest BCUT2D eigenvalue weighted by atomic mass is 16.5. The SMILES string of the molecule is COCCn1ccnc1-c1nccn1-c1c(C)nn(C(C)C)c1C. The van der Waals surface area contributed by atoms with Gasteiger partial charge in [-0.15, -0.1) is 0 Å². The van der Waals surface area contributed by atoms with Gasteiger partial charge in [-0.25, -0.2) is 9.97 Å². The molecule has 3 aromatic rings. The van der Waals surface area contributed by atoms with Crippen LogP contribution in [0.15, 0.2) is 24.8 Å². The Morgan fingerprint density at radius 3 is 2.46 bits per heavy atom. The second kappa shape index (κ2) is 6.60. The summed E-state index contributed by atoms with van der Waals surface area (Å²) in [5.74, 6) is 1.64. The number of aryl methyl sites for hydroxylation is 1. The van der Waals surface area contributed by atoms with E-state index in [-0.39, 0.29) is 0 Å². The van der Waals surface area contributed by atoms with E-state index in [1.807, 2.05) is 24.0 Å². The highest BCUT2D eigenvalue weighted by molar-refractivity contribution is 5.53. The van der Waals surface area contributed by atoms with Crippen LogP contribution in [0.2, 0.25) is 0 Å². The third kappa shape index (κ3) is 2.75. The maximum absolute atomic E-state index is 5.18. The van der Waals surface area contributed by atoms with Crippen molar-refractivity contribution in [2.45, 2.75) is 40.3 Å². The maximum Gasteiger partial charge on any atom is 0.181 e. The zero-order valence-corrected chi connectivity index (χ0v) is 14.9. The van der Waals surface area contributed by atoms with Gasteiger partial charge >= 0.3 is 0 Å². The van der Waals surface area contributed by atoms with Gasteiger partial charge in [-0.3, -0.25) is 9.25 Å². The molecule has 7 heteroatoms. The summed E-state index contributed by atoms with van der Waals surface area (Å²) >= 11 is 0. The van der Waals surface area contributed by atoms with Crippen LogP contribution in [0.25, 0.3) is 17.3 Å². The Labute approximate surface area is 141 Å². The molecule has 24 heavy (non-hydrogen) atoms. The second-order valence-corrected chi connectivity index (χ2v) is 6.12. The summed E-state index contributed by atoms with van der Waals surface area (Å²) in [6.07, 6.45) is 7.51. The lowest BCUT2D eigenvalue weighted by Crippen LogP contribution is -2.09. The summed E-state index contributed by atoms with van der Waals surface area (Å²) < 4.78 is 11.4. The van der Waals surface area contributed by atoms with E-state index in [0.29, 0.717) is 12.6 Å². The molecule has 3 heterocycles. The molecule has 0 aliphatic rings. The largest absolute Gasteiger partial charge is 0.383 e. The number of hydrogen-bond donors (Lipinski definition) is 0. The quantitative estimate of drug-likeness (QED) is 0.698. The first-order chi connectivity index (χ1) is 11.5. The predicted molar refractivity (Wildman–Crippen MR) is 92.3 cm³/mol. The zero-order valence-electron chi connectivity index (χ0n) is 14.9. The van der Waals surface area contributed by atoms with Gasteiger partial charge in [0.1, 0.15) is 0 Å². The molecule has 0 fully saturated rings. The van der Waals surface area contributed by atoms with Gasteiger partial charge in [0.25, 0.3) is 0 Å². The molecule has 0 atom stereocenters. The van der Waals surface area contributed by atoms with Crippen molar-refractivity contribution in [1.29, 1.82) is 0 Å². The molecule has 0 saturated heterocycles.